The summed E-state index contributed by atoms with van der Waals surface area (Å²) in [4.78, 5) is 16.4. The second kappa shape index (κ2) is 6.42. The Kier molecular flexibility index (Phi) is 4.62. The Labute approximate surface area is 121 Å². The number of pyridine rings is 1. The van der Waals surface area contributed by atoms with Gasteiger partial charge in [-0.05, 0) is 32.4 Å². The number of carbonyl (C=O) groups excluding carboxylic acids is 1. The zero-order chi connectivity index (χ0) is 14.5. The molecule has 2 heterocycles. The molecule has 0 spiro atoms. The van der Waals surface area contributed by atoms with Gasteiger partial charge in [-0.1, -0.05) is 18.3 Å². The summed E-state index contributed by atoms with van der Waals surface area (Å²) in [6, 6.07) is 3.70. The number of aromatic nitrogens is 3. The van der Waals surface area contributed by atoms with Crippen LogP contribution in [0.1, 0.15) is 34.5 Å². The first-order valence-corrected chi connectivity index (χ1v) is 7.24. The molecule has 0 aliphatic carbocycles. The van der Waals surface area contributed by atoms with Crippen LogP contribution in [0.3, 0.4) is 0 Å². The third-order valence-corrected chi connectivity index (χ3v) is 3.50. The van der Waals surface area contributed by atoms with Crippen molar-refractivity contribution >= 4 is 28.1 Å². The molecule has 0 atom stereocenters. The van der Waals surface area contributed by atoms with Crippen molar-refractivity contribution in [2.45, 2.75) is 27.2 Å². The minimum absolute atomic E-state index is 0.263. The van der Waals surface area contributed by atoms with Crippen molar-refractivity contribution < 1.29 is 4.79 Å². The summed E-state index contributed by atoms with van der Waals surface area (Å²) < 4.78 is 0. The molecule has 106 valence electrons. The zero-order valence-corrected chi connectivity index (χ0v) is 12.5. The fourth-order valence-corrected chi connectivity index (χ4v) is 2.28. The molecule has 0 aliphatic rings. The lowest BCUT2D eigenvalue weighted by Gasteiger charge is -2.06. The van der Waals surface area contributed by atoms with Crippen LogP contribution < -0.4 is 10.6 Å². The summed E-state index contributed by atoms with van der Waals surface area (Å²) >= 11 is 1.24. The van der Waals surface area contributed by atoms with Crippen LogP contribution >= 0.6 is 11.3 Å². The lowest BCUT2D eigenvalue weighted by atomic mass is 10.3. The van der Waals surface area contributed by atoms with Gasteiger partial charge in [0.15, 0.2) is 0 Å². The minimum Gasteiger partial charge on any atom is -0.360 e. The fourth-order valence-electron chi connectivity index (χ4n) is 1.61. The average molecular weight is 291 g/mol. The van der Waals surface area contributed by atoms with E-state index in [1.807, 2.05) is 26.0 Å². The number of carbonyl (C=O) groups is 1. The van der Waals surface area contributed by atoms with E-state index in [0.717, 1.165) is 24.4 Å². The normalized spacial score (nSPS) is 10.3. The predicted octanol–water partition coefficient (Wildman–Crippen LogP) is 2.62. The van der Waals surface area contributed by atoms with Crippen LogP contribution in [0, 0.1) is 13.8 Å². The van der Waals surface area contributed by atoms with Gasteiger partial charge in [-0.15, -0.1) is 10.2 Å². The maximum absolute atomic E-state index is 12.1. The SMILES string of the molecule is CCCNc1nnc(C(=O)Nc2ccc(C)nc2C)s1. The lowest BCUT2D eigenvalue weighted by Crippen LogP contribution is -2.13. The maximum atomic E-state index is 12.1. The number of anilines is 2. The first kappa shape index (κ1) is 14.4. The molecule has 0 bridgehead atoms. The molecular formula is C13H17N5OS. The Bertz CT molecular complexity index is 611. The molecule has 2 N–H and O–H groups in total. The van der Waals surface area contributed by atoms with Gasteiger partial charge in [0.05, 0.1) is 11.4 Å². The van der Waals surface area contributed by atoms with Gasteiger partial charge in [0.2, 0.25) is 10.1 Å². The van der Waals surface area contributed by atoms with Crippen LogP contribution in [0.15, 0.2) is 12.1 Å². The summed E-state index contributed by atoms with van der Waals surface area (Å²) in [5.74, 6) is -0.263. The highest BCUT2D eigenvalue weighted by Gasteiger charge is 2.14. The molecule has 0 saturated heterocycles. The van der Waals surface area contributed by atoms with E-state index in [1.54, 1.807) is 0 Å². The van der Waals surface area contributed by atoms with Crippen molar-refractivity contribution in [1.29, 1.82) is 0 Å². The average Bonchev–Trinajstić information content (AvgIpc) is 2.88. The highest BCUT2D eigenvalue weighted by atomic mass is 32.1. The highest BCUT2D eigenvalue weighted by Crippen LogP contribution is 2.18. The van der Waals surface area contributed by atoms with E-state index in [2.05, 4.69) is 32.7 Å². The molecule has 0 aromatic carbocycles. The molecule has 0 unspecified atom stereocenters. The molecule has 1 amide bonds. The van der Waals surface area contributed by atoms with Gasteiger partial charge in [-0.2, -0.15) is 0 Å². The number of aryl methyl sites for hydroxylation is 2. The van der Waals surface area contributed by atoms with Crippen molar-refractivity contribution in [3.8, 4) is 0 Å². The van der Waals surface area contributed by atoms with Gasteiger partial charge in [-0.3, -0.25) is 9.78 Å². The number of amides is 1. The first-order chi connectivity index (χ1) is 9.60. The molecule has 0 fully saturated rings. The highest BCUT2D eigenvalue weighted by molar-refractivity contribution is 7.17. The summed E-state index contributed by atoms with van der Waals surface area (Å²) in [6.07, 6.45) is 0.995. The van der Waals surface area contributed by atoms with E-state index in [1.165, 1.54) is 11.3 Å². The van der Waals surface area contributed by atoms with Gasteiger partial charge < -0.3 is 10.6 Å². The smallest absolute Gasteiger partial charge is 0.286 e. The Morgan fingerprint density at radius 3 is 2.80 bits per heavy atom. The maximum Gasteiger partial charge on any atom is 0.286 e. The molecule has 2 aromatic heterocycles. The largest absolute Gasteiger partial charge is 0.360 e. The number of nitrogens with one attached hydrogen (secondary N) is 2. The van der Waals surface area contributed by atoms with Crippen LogP contribution in [0.2, 0.25) is 0 Å². The lowest BCUT2D eigenvalue weighted by molar-refractivity contribution is 0.102. The van der Waals surface area contributed by atoms with Gasteiger partial charge in [0, 0.05) is 12.2 Å². The summed E-state index contributed by atoms with van der Waals surface area (Å²) in [6.45, 7) is 6.65. The summed E-state index contributed by atoms with van der Waals surface area (Å²) in [5.41, 5.74) is 2.40. The van der Waals surface area contributed by atoms with Crippen LogP contribution in [-0.2, 0) is 0 Å². The number of rotatable bonds is 5. The van der Waals surface area contributed by atoms with Crippen molar-refractivity contribution in [3.05, 3.63) is 28.5 Å². The van der Waals surface area contributed by atoms with Crippen molar-refractivity contribution in [2.24, 2.45) is 0 Å². The molecular weight excluding hydrogens is 274 g/mol. The van der Waals surface area contributed by atoms with Crippen LogP contribution in [-0.4, -0.2) is 27.6 Å². The van der Waals surface area contributed by atoms with E-state index in [-0.39, 0.29) is 5.91 Å². The van der Waals surface area contributed by atoms with Crippen molar-refractivity contribution in [3.63, 3.8) is 0 Å². The minimum atomic E-state index is -0.263. The third-order valence-electron chi connectivity index (χ3n) is 2.62. The van der Waals surface area contributed by atoms with E-state index >= 15 is 0 Å². The second-order valence-corrected chi connectivity index (χ2v) is 5.36. The van der Waals surface area contributed by atoms with E-state index in [9.17, 15) is 4.79 Å². The molecule has 2 rings (SSSR count). The Hall–Kier alpha value is -2.02. The van der Waals surface area contributed by atoms with E-state index < -0.39 is 0 Å². The van der Waals surface area contributed by atoms with Gasteiger partial charge in [-0.25, -0.2) is 0 Å². The monoisotopic (exact) mass is 291 g/mol. The molecule has 20 heavy (non-hydrogen) atoms. The van der Waals surface area contributed by atoms with Crippen LogP contribution in [0.25, 0.3) is 0 Å². The third kappa shape index (κ3) is 3.51. The summed E-state index contributed by atoms with van der Waals surface area (Å²) in [5, 5.41) is 14.7. The molecule has 0 saturated carbocycles. The molecule has 0 radical (unpaired) electrons. The van der Waals surface area contributed by atoms with Crippen LogP contribution in [0.5, 0.6) is 0 Å². The van der Waals surface area contributed by atoms with Gasteiger partial charge in [0.1, 0.15) is 0 Å². The number of nitrogens with zero attached hydrogens (tertiary/aromatic N) is 3. The first-order valence-electron chi connectivity index (χ1n) is 6.43. The molecule has 7 heteroatoms. The quantitative estimate of drug-likeness (QED) is 0.885. The van der Waals surface area contributed by atoms with E-state index in [4.69, 9.17) is 0 Å². The molecule has 6 nitrogen and oxygen atoms in total. The Balaban J connectivity index is 2.06. The zero-order valence-electron chi connectivity index (χ0n) is 11.7. The standard InChI is InChI=1S/C13H17N5OS/c1-4-7-14-13-18-17-12(20-13)11(19)16-10-6-5-8(2)15-9(10)3/h5-6H,4,7H2,1-3H3,(H,14,18)(H,16,19). The predicted molar refractivity (Wildman–Crippen MR) is 80.4 cm³/mol. The van der Waals surface area contributed by atoms with E-state index in [0.29, 0.717) is 15.8 Å². The fraction of sp³-hybridized carbons (Fsp3) is 0.385. The second-order valence-electron chi connectivity index (χ2n) is 4.38. The van der Waals surface area contributed by atoms with Gasteiger partial charge in [0.25, 0.3) is 5.91 Å². The van der Waals surface area contributed by atoms with Crippen molar-refractivity contribution in [2.75, 3.05) is 17.2 Å². The Morgan fingerprint density at radius 2 is 2.10 bits per heavy atom. The Morgan fingerprint density at radius 1 is 1.30 bits per heavy atom. The summed E-state index contributed by atoms with van der Waals surface area (Å²) in [7, 11) is 0. The number of hydrogen-bond donors (Lipinski definition) is 2. The van der Waals surface area contributed by atoms with Gasteiger partial charge >= 0.3 is 0 Å². The molecule has 2 aromatic rings. The van der Waals surface area contributed by atoms with Crippen molar-refractivity contribution in [1.82, 2.24) is 15.2 Å². The van der Waals surface area contributed by atoms with Crippen LogP contribution in [0.4, 0.5) is 10.8 Å². The molecule has 0 aliphatic heterocycles. The topological polar surface area (TPSA) is 79.8 Å². The number of hydrogen-bond acceptors (Lipinski definition) is 6.